The first-order valence-electron chi connectivity index (χ1n) is 6.44. The third-order valence-electron chi connectivity index (χ3n) is 2.79. The summed E-state index contributed by atoms with van der Waals surface area (Å²) in [4.78, 5) is 18.0. The zero-order chi connectivity index (χ0) is 13.9. The summed E-state index contributed by atoms with van der Waals surface area (Å²) in [5.41, 5.74) is -0.412. The summed E-state index contributed by atoms with van der Waals surface area (Å²) in [7, 11) is 0. The summed E-state index contributed by atoms with van der Waals surface area (Å²) in [6.45, 7) is 7.30. The Morgan fingerprint density at radius 3 is 3.05 bits per heavy atom. The van der Waals surface area contributed by atoms with Gasteiger partial charge in [0.15, 0.2) is 0 Å². The number of rotatable bonds is 3. The maximum absolute atomic E-state index is 11.9. The third kappa shape index (κ3) is 4.69. The van der Waals surface area contributed by atoms with Crippen molar-refractivity contribution in [3.8, 4) is 0 Å². The minimum absolute atomic E-state index is 0.186. The van der Waals surface area contributed by atoms with Crippen LogP contribution in [0.4, 0.5) is 4.79 Å². The summed E-state index contributed by atoms with van der Waals surface area (Å²) in [6.07, 6.45) is 2.70. The largest absolute Gasteiger partial charge is 0.444 e. The molecule has 0 N–H and O–H groups in total. The van der Waals surface area contributed by atoms with Crippen molar-refractivity contribution in [3.05, 3.63) is 11.6 Å². The standard InChI is InChI=1S/C13H20N2O2S2/c1-13(2,3)17-12(16)15-6-4-10(8-15)9-19-11-14-5-7-18-11/h5,7,10H,4,6,8-9H2,1-3H3. The molecule has 19 heavy (non-hydrogen) atoms. The molecule has 1 saturated heterocycles. The molecule has 2 rings (SSSR count). The number of amides is 1. The maximum Gasteiger partial charge on any atom is 0.410 e. The van der Waals surface area contributed by atoms with Crippen LogP contribution in [-0.4, -0.2) is 40.4 Å². The predicted molar refractivity (Wildman–Crippen MR) is 78.8 cm³/mol. The number of hydrogen-bond donors (Lipinski definition) is 0. The zero-order valence-corrected chi connectivity index (χ0v) is 13.2. The molecule has 106 valence electrons. The number of thiazole rings is 1. The molecule has 1 atom stereocenters. The topological polar surface area (TPSA) is 42.4 Å². The van der Waals surface area contributed by atoms with Gasteiger partial charge in [-0.3, -0.25) is 0 Å². The molecule has 1 amide bonds. The lowest BCUT2D eigenvalue weighted by molar-refractivity contribution is 0.0289. The molecule has 6 heteroatoms. The van der Waals surface area contributed by atoms with Gasteiger partial charge in [0.25, 0.3) is 0 Å². The number of likely N-dealkylation sites (tertiary alicyclic amines) is 1. The van der Waals surface area contributed by atoms with Gasteiger partial charge in [0.1, 0.15) is 9.94 Å². The first kappa shape index (κ1) is 14.7. The summed E-state index contributed by atoms with van der Waals surface area (Å²) < 4.78 is 6.50. The van der Waals surface area contributed by atoms with Crippen molar-refractivity contribution in [1.29, 1.82) is 0 Å². The molecule has 0 spiro atoms. The fraction of sp³-hybridized carbons (Fsp3) is 0.692. The predicted octanol–water partition coefficient (Wildman–Crippen LogP) is 3.49. The highest BCUT2D eigenvalue weighted by molar-refractivity contribution is 8.01. The van der Waals surface area contributed by atoms with Crippen LogP contribution < -0.4 is 0 Å². The minimum atomic E-state index is -0.412. The number of carbonyl (C=O) groups is 1. The van der Waals surface area contributed by atoms with Crippen molar-refractivity contribution in [2.75, 3.05) is 18.8 Å². The first-order valence-corrected chi connectivity index (χ1v) is 8.31. The van der Waals surface area contributed by atoms with Crippen LogP contribution in [0.2, 0.25) is 0 Å². The Morgan fingerprint density at radius 2 is 2.42 bits per heavy atom. The van der Waals surface area contributed by atoms with E-state index in [1.54, 1.807) is 23.1 Å². The van der Waals surface area contributed by atoms with Gasteiger partial charge in [-0.2, -0.15) is 0 Å². The van der Waals surface area contributed by atoms with E-state index in [0.717, 1.165) is 29.6 Å². The lowest BCUT2D eigenvalue weighted by Gasteiger charge is -2.24. The van der Waals surface area contributed by atoms with Gasteiger partial charge in [-0.15, -0.1) is 11.3 Å². The molecule has 1 aliphatic rings. The molecule has 4 nitrogen and oxygen atoms in total. The Kier molecular flexibility index (Phi) is 4.73. The average Bonchev–Trinajstić information content (AvgIpc) is 2.96. The van der Waals surface area contributed by atoms with Gasteiger partial charge < -0.3 is 9.64 Å². The zero-order valence-electron chi connectivity index (χ0n) is 11.6. The Labute approximate surface area is 122 Å². The molecule has 0 saturated carbocycles. The third-order valence-corrected chi connectivity index (χ3v) is 4.99. The van der Waals surface area contributed by atoms with E-state index < -0.39 is 5.60 Å². The van der Waals surface area contributed by atoms with Crippen LogP contribution in [0.1, 0.15) is 27.2 Å². The van der Waals surface area contributed by atoms with Crippen molar-refractivity contribution in [2.45, 2.75) is 37.1 Å². The van der Waals surface area contributed by atoms with Crippen LogP contribution in [0, 0.1) is 5.92 Å². The summed E-state index contributed by atoms with van der Waals surface area (Å²) in [6, 6.07) is 0. The van der Waals surface area contributed by atoms with Crippen molar-refractivity contribution in [2.24, 2.45) is 5.92 Å². The molecular weight excluding hydrogens is 280 g/mol. The highest BCUT2D eigenvalue weighted by Crippen LogP contribution is 2.27. The molecule has 0 bridgehead atoms. The van der Waals surface area contributed by atoms with Crippen LogP contribution in [0.15, 0.2) is 15.9 Å². The van der Waals surface area contributed by atoms with Gasteiger partial charge in [0, 0.05) is 30.4 Å². The normalized spacial score (nSPS) is 19.7. The van der Waals surface area contributed by atoms with Gasteiger partial charge in [-0.1, -0.05) is 11.8 Å². The smallest absolute Gasteiger partial charge is 0.410 e. The van der Waals surface area contributed by atoms with Crippen LogP contribution in [-0.2, 0) is 4.74 Å². The second-order valence-corrected chi connectivity index (χ2v) is 7.85. The van der Waals surface area contributed by atoms with Crippen molar-refractivity contribution in [3.63, 3.8) is 0 Å². The van der Waals surface area contributed by atoms with Crippen LogP contribution in [0.25, 0.3) is 0 Å². The van der Waals surface area contributed by atoms with E-state index in [1.807, 2.05) is 37.2 Å². The highest BCUT2D eigenvalue weighted by atomic mass is 32.2. The van der Waals surface area contributed by atoms with Gasteiger partial charge in [0.05, 0.1) is 0 Å². The number of aromatic nitrogens is 1. The number of ether oxygens (including phenoxy) is 1. The van der Waals surface area contributed by atoms with E-state index in [9.17, 15) is 4.79 Å². The Bertz CT molecular complexity index is 415. The quantitative estimate of drug-likeness (QED) is 0.801. The molecule has 0 aromatic carbocycles. The average molecular weight is 300 g/mol. The van der Waals surface area contributed by atoms with E-state index in [1.165, 1.54) is 0 Å². The second-order valence-electron chi connectivity index (χ2n) is 5.69. The molecular formula is C13H20N2O2S2. The Balaban J connectivity index is 1.75. The number of carbonyl (C=O) groups excluding carboxylic acids is 1. The maximum atomic E-state index is 11.9. The van der Waals surface area contributed by atoms with Crippen molar-refractivity contribution < 1.29 is 9.53 Å². The number of hydrogen-bond acceptors (Lipinski definition) is 5. The number of thioether (sulfide) groups is 1. The Morgan fingerprint density at radius 1 is 1.63 bits per heavy atom. The van der Waals surface area contributed by atoms with Crippen molar-refractivity contribution >= 4 is 29.2 Å². The molecule has 1 unspecified atom stereocenters. The SMILES string of the molecule is CC(C)(C)OC(=O)N1CCC(CSc2nccs2)C1. The van der Waals surface area contributed by atoms with Crippen LogP contribution in [0.5, 0.6) is 0 Å². The molecule has 1 aromatic rings. The van der Waals surface area contributed by atoms with Crippen LogP contribution >= 0.6 is 23.1 Å². The molecule has 1 aliphatic heterocycles. The minimum Gasteiger partial charge on any atom is -0.444 e. The van der Waals surface area contributed by atoms with E-state index >= 15 is 0 Å². The lowest BCUT2D eigenvalue weighted by atomic mass is 10.2. The molecule has 1 fully saturated rings. The second kappa shape index (κ2) is 6.13. The molecule has 2 heterocycles. The van der Waals surface area contributed by atoms with Gasteiger partial charge >= 0.3 is 6.09 Å². The fourth-order valence-electron chi connectivity index (χ4n) is 1.93. The van der Waals surface area contributed by atoms with Crippen LogP contribution in [0.3, 0.4) is 0 Å². The van der Waals surface area contributed by atoms with Gasteiger partial charge in [-0.25, -0.2) is 9.78 Å². The lowest BCUT2D eigenvalue weighted by Crippen LogP contribution is -2.35. The fourth-order valence-corrected chi connectivity index (χ4v) is 3.72. The monoisotopic (exact) mass is 300 g/mol. The van der Waals surface area contributed by atoms with Gasteiger partial charge in [-0.05, 0) is 33.1 Å². The molecule has 1 aromatic heterocycles. The first-order chi connectivity index (χ1) is 8.94. The molecule has 0 radical (unpaired) electrons. The Hall–Kier alpha value is -0.750. The number of nitrogens with zero attached hydrogens (tertiary/aromatic N) is 2. The van der Waals surface area contributed by atoms with Crippen molar-refractivity contribution in [1.82, 2.24) is 9.88 Å². The summed E-state index contributed by atoms with van der Waals surface area (Å²) in [5, 5.41) is 1.99. The van der Waals surface area contributed by atoms with E-state index in [4.69, 9.17) is 4.74 Å². The molecule has 0 aliphatic carbocycles. The summed E-state index contributed by atoms with van der Waals surface area (Å²) >= 11 is 3.45. The van der Waals surface area contributed by atoms with E-state index in [0.29, 0.717) is 5.92 Å². The van der Waals surface area contributed by atoms with Gasteiger partial charge in [0.2, 0.25) is 0 Å². The van der Waals surface area contributed by atoms with E-state index in [2.05, 4.69) is 4.98 Å². The summed E-state index contributed by atoms with van der Waals surface area (Å²) in [5.74, 6) is 1.56. The highest BCUT2D eigenvalue weighted by Gasteiger charge is 2.29. The van der Waals surface area contributed by atoms with E-state index in [-0.39, 0.29) is 6.09 Å².